The van der Waals surface area contributed by atoms with Crippen molar-refractivity contribution in [2.24, 2.45) is 0 Å². The number of aromatic nitrogens is 3. The van der Waals surface area contributed by atoms with Gasteiger partial charge in [-0.05, 0) is 30.7 Å². The summed E-state index contributed by atoms with van der Waals surface area (Å²) < 4.78 is 5.39. The molecular formula is C25H27N5O2. The first kappa shape index (κ1) is 21.4. The van der Waals surface area contributed by atoms with E-state index in [4.69, 9.17) is 4.74 Å². The maximum atomic E-state index is 13.3. The average molecular weight is 430 g/mol. The van der Waals surface area contributed by atoms with Gasteiger partial charge in [0, 0.05) is 43.7 Å². The smallest absolute Gasteiger partial charge is 0.255 e. The van der Waals surface area contributed by atoms with Gasteiger partial charge in [0.15, 0.2) is 0 Å². The molecule has 0 aliphatic rings. The predicted octanol–water partition coefficient (Wildman–Crippen LogP) is 4.05. The molecule has 7 nitrogen and oxygen atoms in total. The summed E-state index contributed by atoms with van der Waals surface area (Å²) in [6.07, 6.45) is 2.57. The lowest BCUT2D eigenvalue weighted by Gasteiger charge is -2.21. The highest BCUT2D eigenvalue weighted by Crippen LogP contribution is 2.26. The number of nitrogens with zero attached hydrogens (tertiary/aromatic N) is 3. The summed E-state index contributed by atoms with van der Waals surface area (Å²) in [6, 6.07) is 16.9. The minimum atomic E-state index is -0.355. The minimum absolute atomic E-state index is 0.213. The normalized spacial score (nSPS) is 11.9. The maximum absolute atomic E-state index is 13.3. The highest BCUT2D eigenvalue weighted by Gasteiger charge is 2.22. The van der Waals surface area contributed by atoms with Crippen molar-refractivity contribution in [2.45, 2.75) is 19.4 Å². The summed E-state index contributed by atoms with van der Waals surface area (Å²) >= 11 is 0. The number of aryl methyl sites for hydroxylation is 1. The third kappa shape index (κ3) is 4.42. The zero-order chi connectivity index (χ0) is 22.7. The van der Waals surface area contributed by atoms with E-state index in [0.717, 1.165) is 28.0 Å². The molecule has 32 heavy (non-hydrogen) atoms. The number of H-pyrrole nitrogens is 1. The first-order chi connectivity index (χ1) is 15.5. The van der Waals surface area contributed by atoms with E-state index in [9.17, 15) is 4.79 Å². The number of amides is 1. The first-order valence-electron chi connectivity index (χ1n) is 10.5. The summed E-state index contributed by atoms with van der Waals surface area (Å²) in [6.45, 7) is 1.86. The zero-order valence-corrected chi connectivity index (χ0v) is 18.7. The van der Waals surface area contributed by atoms with Crippen LogP contribution in [0.4, 0.5) is 5.82 Å². The maximum Gasteiger partial charge on any atom is 0.255 e. The molecule has 0 bridgehead atoms. The van der Waals surface area contributed by atoms with Crippen LogP contribution in [0.15, 0.2) is 60.8 Å². The molecule has 7 heteroatoms. The average Bonchev–Trinajstić information content (AvgIpc) is 3.21. The van der Waals surface area contributed by atoms with Gasteiger partial charge in [-0.2, -0.15) is 0 Å². The van der Waals surface area contributed by atoms with E-state index < -0.39 is 0 Å². The predicted molar refractivity (Wildman–Crippen MR) is 126 cm³/mol. The Morgan fingerprint density at radius 2 is 1.88 bits per heavy atom. The van der Waals surface area contributed by atoms with Gasteiger partial charge >= 0.3 is 0 Å². The van der Waals surface area contributed by atoms with Crippen molar-refractivity contribution in [2.75, 3.05) is 26.1 Å². The number of fused-ring (bicyclic) bond motifs is 1. The molecule has 2 heterocycles. The number of benzene rings is 2. The van der Waals surface area contributed by atoms with Crippen LogP contribution in [0.5, 0.6) is 5.75 Å². The van der Waals surface area contributed by atoms with Crippen molar-refractivity contribution in [1.29, 1.82) is 0 Å². The van der Waals surface area contributed by atoms with Crippen LogP contribution in [0.3, 0.4) is 0 Å². The van der Waals surface area contributed by atoms with Gasteiger partial charge in [-0.1, -0.05) is 30.3 Å². The van der Waals surface area contributed by atoms with Crippen LogP contribution in [-0.4, -0.2) is 42.1 Å². The molecule has 2 aromatic heterocycles. The van der Waals surface area contributed by atoms with Gasteiger partial charge in [0.25, 0.3) is 5.91 Å². The molecule has 4 aromatic rings. The van der Waals surface area contributed by atoms with Crippen LogP contribution in [0.25, 0.3) is 10.9 Å². The summed E-state index contributed by atoms with van der Waals surface area (Å²) in [5, 5.41) is 4.31. The van der Waals surface area contributed by atoms with E-state index in [1.54, 1.807) is 19.2 Å². The number of nitrogens with one attached hydrogen (secondary N) is 2. The second-order valence-electron chi connectivity index (χ2n) is 7.88. The van der Waals surface area contributed by atoms with Crippen molar-refractivity contribution in [1.82, 2.24) is 20.3 Å². The number of methoxy groups -OCH3 is 1. The molecule has 0 spiro atoms. The number of rotatable bonds is 7. The highest BCUT2D eigenvalue weighted by atomic mass is 16.5. The molecule has 0 radical (unpaired) electrons. The molecular weight excluding hydrogens is 402 g/mol. The molecule has 0 fully saturated rings. The molecule has 0 saturated carbocycles. The fraction of sp³-hybridized carbons (Fsp3) is 0.240. The van der Waals surface area contributed by atoms with Crippen LogP contribution in [0.2, 0.25) is 0 Å². The standard InChI is InChI=1S/C25H27N5O2/c1-16-27-22(14-24(28-16)30(2)3)21(13-17-15-26-20-11-7-5-9-18(17)20)29-25(31)19-10-6-8-12-23(19)32-4/h5-12,14-15,21,26H,13H2,1-4H3,(H,29,31). The number of hydrogen-bond donors (Lipinski definition) is 2. The summed E-state index contributed by atoms with van der Waals surface area (Å²) in [7, 11) is 5.44. The summed E-state index contributed by atoms with van der Waals surface area (Å²) in [5.41, 5.74) is 3.41. The second kappa shape index (κ2) is 9.09. The molecule has 2 aromatic carbocycles. The summed E-state index contributed by atoms with van der Waals surface area (Å²) in [5.74, 6) is 1.77. The quantitative estimate of drug-likeness (QED) is 0.463. The fourth-order valence-corrected chi connectivity index (χ4v) is 3.80. The van der Waals surface area contributed by atoms with Gasteiger partial charge in [0.2, 0.25) is 0 Å². The van der Waals surface area contributed by atoms with Crippen molar-refractivity contribution in [3.8, 4) is 5.75 Å². The third-order valence-corrected chi connectivity index (χ3v) is 5.42. The van der Waals surface area contributed by atoms with E-state index >= 15 is 0 Å². The van der Waals surface area contributed by atoms with Crippen molar-refractivity contribution < 1.29 is 9.53 Å². The van der Waals surface area contributed by atoms with E-state index in [2.05, 4.69) is 26.3 Å². The molecule has 0 saturated heterocycles. The molecule has 4 rings (SSSR count). The lowest BCUT2D eigenvalue weighted by molar-refractivity contribution is 0.0932. The van der Waals surface area contributed by atoms with Gasteiger partial charge in [-0.15, -0.1) is 0 Å². The molecule has 164 valence electrons. The van der Waals surface area contributed by atoms with Gasteiger partial charge in [0.1, 0.15) is 17.4 Å². The van der Waals surface area contributed by atoms with Crippen molar-refractivity contribution in [3.05, 3.63) is 83.4 Å². The second-order valence-corrected chi connectivity index (χ2v) is 7.88. The number of aromatic amines is 1. The monoisotopic (exact) mass is 429 g/mol. The molecule has 0 aliphatic carbocycles. The Hall–Kier alpha value is -3.87. The molecule has 1 amide bonds. The molecule has 2 N–H and O–H groups in total. The molecule has 1 atom stereocenters. The van der Waals surface area contributed by atoms with Crippen LogP contribution < -0.4 is 15.0 Å². The Bertz CT molecular complexity index is 1250. The summed E-state index contributed by atoms with van der Waals surface area (Å²) in [4.78, 5) is 27.7. The lowest BCUT2D eigenvalue weighted by Crippen LogP contribution is -2.31. The Kier molecular flexibility index (Phi) is 6.07. The minimum Gasteiger partial charge on any atom is -0.496 e. The van der Waals surface area contributed by atoms with E-state index in [1.807, 2.05) is 68.5 Å². The third-order valence-electron chi connectivity index (χ3n) is 5.42. The van der Waals surface area contributed by atoms with Gasteiger partial charge in [-0.3, -0.25) is 4.79 Å². The Morgan fingerprint density at radius 1 is 1.12 bits per heavy atom. The molecule has 1 unspecified atom stereocenters. The Balaban J connectivity index is 1.73. The van der Waals surface area contributed by atoms with Crippen molar-refractivity contribution >= 4 is 22.6 Å². The van der Waals surface area contributed by atoms with Crippen LogP contribution in [0, 0.1) is 6.92 Å². The number of para-hydroxylation sites is 2. The van der Waals surface area contributed by atoms with E-state index in [1.165, 1.54) is 0 Å². The largest absolute Gasteiger partial charge is 0.496 e. The fourth-order valence-electron chi connectivity index (χ4n) is 3.80. The topological polar surface area (TPSA) is 83.1 Å². The lowest BCUT2D eigenvalue weighted by atomic mass is 10.0. The van der Waals surface area contributed by atoms with E-state index in [0.29, 0.717) is 23.6 Å². The SMILES string of the molecule is COc1ccccc1C(=O)NC(Cc1c[nH]c2ccccc12)c1cc(N(C)C)nc(C)n1. The first-order valence-corrected chi connectivity index (χ1v) is 10.5. The Morgan fingerprint density at radius 3 is 2.66 bits per heavy atom. The van der Waals surface area contributed by atoms with Gasteiger partial charge in [-0.25, -0.2) is 9.97 Å². The number of hydrogen-bond acceptors (Lipinski definition) is 5. The number of anilines is 1. The van der Waals surface area contributed by atoms with Gasteiger partial charge < -0.3 is 19.9 Å². The highest BCUT2D eigenvalue weighted by molar-refractivity contribution is 5.97. The number of carbonyl (C=O) groups is 1. The van der Waals surface area contributed by atoms with Gasteiger partial charge in [0.05, 0.1) is 24.4 Å². The number of carbonyl (C=O) groups excluding carboxylic acids is 1. The van der Waals surface area contributed by atoms with Crippen LogP contribution >= 0.6 is 0 Å². The van der Waals surface area contributed by atoms with Crippen molar-refractivity contribution in [3.63, 3.8) is 0 Å². The van der Waals surface area contributed by atoms with Crippen LogP contribution in [0.1, 0.15) is 33.5 Å². The number of ether oxygens (including phenoxy) is 1. The zero-order valence-electron chi connectivity index (χ0n) is 18.7. The Labute approximate surface area is 187 Å². The van der Waals surface area contributed by atoms with Crippen LogP contribution in [-0.2, 0) is 6.42 Å². The molecule has 0 aliphatic heterocycles. The van der Waals surface area contributed by atoms with E-state index in [-0.39, 0.29) is 11.9 Å².